The van der Waals surface area contributed by atoms with E-state index in [0.717, 1.165) is 19.6 Å². The average Bonchev–Trinajstić information content (AvgIpc) is 2.88. The van der Waals surface area contributed by atoms with E-state index in [0.29, 0.717) is 17.7 Å². The molecule has 9 nitrogen and oxygen atoms in total. The van der Waals surface area contributed by atoms with E-state index in [2.05, 4.69) is 29.3 Å². The molecule has 0 spiro atoms. The number of esters is 1. The largest absolute Gasteiger partial charge is 0.481 e. The number of aliphatic carboxylic acids is 1. The molecule has 0 bridgehead atoms. The summed E-state index contributed by atoms with van der Waals surface area (Å²) < 4.78 is 6.06. The van der Waals surface area contributed by atoms with E-state index in [9.17, 15) is 24.8 Å². The molecule has 0 amide bonds. The second-order valence-electron chi connectivity index (χ2n) is 10.7. The lowest BCUT2D eigenvalue weighted by molar-refractivity contribution is -0.384. The average molecular weight is 522 g/mol. The Morgan fingerprint density at radius 2 is 1.89 bits per heavy atom. The maximum absolute atomic E-state index is 13.8. The molecule has 0 aromatic heterocycles. The number of likely N-dealkylation sites (tertiary alicyclic amines) is 1. The molecule has 0 radical (unpaired) electrons. The molecule has 4 rings (SSSR count). The summed E-state index contributed by atoms with van der Waals surface area (Å²) in [5, 5.41) is 25.0. The zero-order valence-corrected chi connectivity index (χ0v) is 22.2. The van der Waals surface area contributed by atoms with Crippen molar-refractivity contribution in [2.75, 3.05) is 13.1 Å². The lowest BCUT2D eigenvalue weighted by Crippen LogP contribution is -2.55. The molecule has 5 atom stereocenters. The molecule has 1 fully saturated rings. The van der Waals surface area contributed by atoms with Crippen molar-refractivity contribution in [2.24, 2.45) is 11.3 Å². The predicted octanol–water partition coefficient (Wildman–Crippen LogP) is 4.49. The summed E-state index contributed by atoms with van der Waals surface area (Å²) in [5.41, 5.74) is 0.736. The highest BCUT2D eigenvalue weighted by atomic mass is 16.6. The number of ether oxygens (including phenoxy) is 1. The Bertz CT molecular complexity index is 1250. The molecule has 5 unspecified atom stereocenters. The first-order valence-corrected chi connectivity index (χ1v) is 12.9. The minimum atomic E-state index is -1.45. The number of hydrogen-bond acceptors (Lipinski definition) is 7. The Kier molecular flexibility index (Phi) is 7.87. The summed E-state index contributed by atoms with van der Waals surface area (Å²) >= 11 is 0. The molecule has 38 heavy (non-hydrogen) atoms. The number of nitro benzene ring substituents is 1. The lowest BCUT2D eigenvalue weighted by atomic mass is 9.63. The normalized spacial score (nSPS) is 27.9. The van der Waals surface area contributed by atoms with Gasteiger partial charge in [-0.3, -0.25) is 19.8 Å². The number of carbonyl (C=O) groups excluding carboxylic acids is 1. The molecule has 9 heteroatoms. The monoisotopic (exact) mass is 521 g/mol. The first-order chi connectivity index (χ1) is 18.0. The number of benzene rings is 2. The Morgan fingerprint density at radius 1 is 1.18 bits per heavy atom. The maximum atomic E-state index is 13.8. The van der Waals surface area contributed by atoms with Crippen LogP contribution in [0.15, 0.2) is 65.9 Å². The molecule has 0 aliphatic carbocycles. The predicted molar refractivity (Wildman–Crippen MR) is 142 cm³/mol. The second-order valence-corrected chi connectivity index (χ2v) is 10.7. The third-order valence-electron chi connectivity index (χ3n) is 8.14. The summed E-state index contributed by atoms with van der Waals surface area (Å²) in [7, 11) is 0. The summed E-state index contributed by atoms with van der Waals surface area (Å²) in [4.78, 5) is 39.7. The fraction of sp³-hybridized carbons (Fsp3) is 0.448. The van der Waals surface area contributed by atoms with Gasteiger partial charge >= 0.3 is 11.9 Å². The van der Waals surface area contributed by atoms with Crippen LogP contribution in [0.5, 0.6) is 0 Å². The molecule has 2 heterocycles. The number of carboxylic acids is 1. The number of hydrogen-bond donors (Lipinski definition) is 2. The van der Waals surface area contributed by atoms with Crippen LogP contribution < -0.4 is 5.32 Å². The van der Waals surface area contributed by atoms with Crippen molar-refractivity contribution in [1.29, 1.82) is 0 Å². The highest BCUT2D eigenvalue weighted by Gasteiger charge is 2.54. The van der Waals surface area contributed by atoms with Crippen LogP contribution in [0.1, 0.15) is 51.2 Å². The molecule has 2 aromatic carbocycles. The number of carbonyl (C=O) groups is 2. The highest BCUT2D eigenvalue weighted by molar-refractivity contribution is 5.94. The Hall–Kier alpha value is -3.72. The molecule has 2 aliphatic heterocycles. The van der Waals surface area contributed by atoms with Crippen molar-refractivity contribution >= 4 is 17.6 Å². The zero-order chi connectivity index (χ0) is 27.6. The Balaban J connectivity index is 1.60. The maximum Gasteiger partial charge on any atom is 0.336 e. The topological polar surface area (TPSA) is 122 Å². The smallest absolute Gasteiger partial charge is 0.336 e. The number of piperidine rings is 1. The fourth-order valence-corrected chi connectivity index (χ4v) is 5.80. The number of rotatable bonds is 7. The van der Waals surface area contributed by atoms with Gasteiger partial charge in [0.25, 0.3) is 5.69 Å². The third kappa shape index (κ3) is 5.29. The molecular weight excluding hydrogens is 486 g/mol. The van der Waals surface area contributed by atoms with E-state index < -0.39 is 34.2 Å². The van der Waals surface area contributed by atoms with Crippen LogP contribution in [-0.2, 0) is 20.9 Å². The summed E-state index contributed by atoms with van der Waals surface area (Å²) in [5.74, 6) is -2.54. The van der Waals surface area contributed by atoms with Gasteiger partial charge in [0.05, 0.1) is 15.9 Å². The van der Waals surface area contributed by atoms with Gasteiger partial charge in [-0.2, -0.15) is 0 Å². The van der Waals surface area contributed by atoms with Crippen LogP contribution in [0, 0.1) is 21.4 Å². The van der Waals surface area contributed by atoms with E-state index in [4.69, 9.17) is 4.74 Å². The molecule has 2 aliphatic rings. The van der Waals surface area contributed by atoms with E-state index in [1.165, 1.54) is 23.8 Å². The third-order valence-corrected chi connectivity index (χ3v) is 8.14. The van der Waals surface area contributed by atoms with E-state index in [-0.39, 0.29) is 23.3 Å². The van der Waals surface area contributed by atoms with Crippen LogP contribution in [0.3, 0.4) is 0 Å². The molecule has 1 saturated heterocycles. The molecule has 2 aromatic rings. The minimum absolute atomic E-state index is 0.0786. The van der Waals surface area contributed by atoms with Crippen molar-refractivity contribution in [1.82, 2.24) is 10.2 Å². The van der Waals surface area contributed by atoms with Gasteiger partial charge in [0.2, 0.25) is 0 Å². The number of nitrogens with one attached hydrogen (secondary N) is 1. The van der Waals surface area contributed by atoms with Crippen LogP contribution in [0.4, 0.5) is 5.69 Å². The van der Waals surface area contributed by atoms with Gasteiger partial charge in [-0.15, -0.1) is 0 Å². The lowest BCUT2D eigenvalue weighted by Gasteiger charge is -2.45. The second kappa shape index (κ2) is 10.9. The van der Waals surface area contributed by atoms with Crippen molar-refractivity contribution in [2.45, 2.75) is 58.7 Å². The number of nitrogens with zero attached hydrogens (tertiary/aromatic N) is 2. The first-order valence-electron chi connectivity index (χ1n) is 12.9. The number of allylic oxidation sites excluding steroid dienone is 1. The summed E-state index contributed by atoms with van der Waals surface area (Å²) in [6.07, 6.45) is 0.337. The number of non-ortho nitro benzene ring substituents is 1. The van der Waals surface area contributed by atoms with Crippen molar-refractivity contribution in [3.63, 3.8) is 0 Å². The van der Waals surface area contributed by atoms with Gasteiger partial charge in [0, 0.05) is 55.3 Å². The van der Waals surface area contributed by atoms with Crippen molar-refractivity contribution in [3.8, 4) is 0 Å². The van der Waals surface area contributed by atoms with Crippen LogP contribution in [-0.4, -0.2) is 52.1 Å². The summed E-state index contributed by atoms with van der Waals surface area (Å²) in [6.45, 7) is 9.45. The zero-order valence-electron chi connectivity index (χ0n) is 22.2. The van der Waals surface area contributed by atoms with Gasteiger partial charge in [-0.1, -0.05) is 49.4 Å². The van der Waals surface area contributed by atoms with Crippen LogP contribution in [0.25, 0.3) is 0 Å². The Labute approximate surface area is 222 Å². The molecular formula is C29H35N3O6. The first kappa shape index (κ1) is 27.3. The van der Waals surface area contributed by atoms with Gasteiger partial charge in [0.15, 0.2) is 0 Å². The molecule has 2 N–H and O–H groups in total. The molecule has 202 valence electrons. The Morgan fingerprint density at radius 3 is 2.53 bits per heavy atom. The van der Waals surface area contributed by atoms with Gasteiger partial charge in [-0.25, -0.2) is 4.79 Å². The highest BCUT2D eigenvalue weighted by Crippen LogP contribution is 2.49. The van der Waals surface area contributed by atoms with E-state index in [1.807, 2.05) is 18.2 Å². The van der Waals surface area contributed by atoms with Crippen LogP contribution in [0.2, 0.25) is 0 Å². The SMILES string of the molecule is CC1=C(C(=O)OC2CCN(Cc3ccccc3)CC2C)C(c2cccc([N+](=O)[O-])c2)C(C)(C(=O)O)C(C)N1. The number of nitro groups is 1. The van der Waals surface area contributed by atoms with Crippen LogP contribution >= 0.6 is 0 Å². The fourth-order valence-electron chi connectivity index (χ4n) is 5.80. The summed E-state index contributed by atoms with van der Waals surface area (Å²) in [6, 6.07) is 15.5. The van der Waals surface area contributed by atoms with E-state index >= 15 is 0 Å². The quantitative estimate of drug-likeness (QED) is 0.311. The number of carboxylic acid groups (broad SMARTS) is 1. The molecule has 0 saturated carbocycles. The minimum Gasteiger partial charge on any atom is -0.481 e. The van der Waals surface area contributed by atoms with Gasteiger partial charge < -0.3 is 15.2 Å². The van der Waals surface area contributed by atoms with Gasteiger partial charge in [-0.05, 0) is 38.3 Å². The van der Waals surface area contributed by atoms with Gasteiger partial charge in [0.1, 0.15) is 6.10 Å². The standard InChI is InChI=1S/C29H35N3O6/c1-18-16-31(17-21-9-6-5-7-10-21)14-13-24(18)38-27(33)25-19(2)30-20(3)29(4,28(34)35)26(25)22-11-8-12-23(15-22)32(36)37/h5-12,15,18,20,24,26,30H,13-14,16-17H2,1-4H3,(H,34,35). The van der Waals surface area contributed by atoms with E-state index in [1.54, 1.807) is 26.8 Å². The van der Waals surface area contributed by atoms with Crippen molar-refractivity contribution < 1.29 is 24.4 Å². The van der Waals surface area contributed by atoms with Crippen molar-refractivity contribution in [3.05, 3.63) is 87.1 Å².